The molecule has 0 spiro atoms. The van der Waals surface area contributed by atoms with Crippen LogP contribution in [0.4, 0.5) is 0 Å². The first-order valence-corrected chi connectivity index (χ1v) is 8.43. The van der Waals surface area contributed by atoms with Crippen molar-refractivity contribution in [3.63, 3.8) is 0 Å². The van der Waals surface area contributed by atoms with Crippen LogP contribution in [0.1, 0.15) is 0 Å². The summed E-state index contributed by atoms with van der Waals surface area (Å²) in [7, 11) is 0. The molecule has 0 unspecified atom stereocenters. The molecule has 0 aliphatic carbocycles. The zero-order valence-electron chi connectivity index (χ0n) is 2.68. The zero-order chi connectivity index (χ0) is 4.12. The SMILES string of the molecule is [Se-]CC[Se][SeH]. The molecule has 0 aromatic heterocycles. The summed E-state index contributed by atoms with van der Waals surface area (Å²) >= 11 is 6.40. The van der Waals surface area contributed by atoms with Gasteiger partial charge in [-0.3, -0.25) is 0 Å². The predicted octanol–water partition coefficient (Wildman–Crippen LogP) is -0.489. The van der Waals surface area contributed by atoms with E-state index < -0.39 is 0 Å². The molecule has 0 heterocycles. The first-order valence-electron chi connectivity index (χ1n) is 1.26. The first-order chi connectivity index (χ1) is 2.41. The predicted molar refractivity (Wildman–Crippen MR) is 28.3 cm³/mol. The van der Waals surface area contributed by atoms with Crippen LogP contribution in [-0.4, -0.2) is 43.3 Å². The van der Waals surface area contributed by atoms with Gasteiger partial charge in [0.2, 0.25) is 0 Å². The van der Waals surface area contributed by atoms with Crippen LogP contribution in [0.2, 0.25) is 10.6 Å². The molecular weight excluding hydrogens is 261 g/mol. The second-order valence-electron chi connectivity index (χ2n) is 0.537. The Morgan fingerprint density at radius 1 is 1.80 bits per heavy atom. The van der Waals surface area contributed by atoms with Crippen LogP contribution in [0, 0.1) is 0 Å². The van der Waals surface area contributed by atoms with Crippen molar-refractivity contribution < 1.29 is 0 Å². The van der Waals surface area contributed by atoms with Gasteiger partial charge in [0.15, 0.2) is 0 Å². The Morgan fingerprint density at radius 3 is 2.40 bits per heavy atom. The molecule has 3 heteroatoms. The van der Waals surface area contributed by atoms with E-state index in [1.54, 1.807) is 0 Å². The number of rotatable bonds is 2. The van der Waals surface area contributed by atoms with E-state index in [-0.39, 0.29) is 0 Å². The summed E-state index contributed by atoms with van der Waals surface area (Å²) in [5, 5.41) is 2.60. The fraction of sp³-hybridized carbons (Fsp3) is 1.00. The van der Waals surface area contributed by atoms with Gasteiger partial charge in [-0.15, -0.1) is 0 Å². The Kier molecular flexibility index (Phi) is 7.29. The van der Waals surface area contributed by atoms with Crippen LogP contribution in [-0.2, 0) is 0 Å². The molecule has 0 bridgehead atoms. The van der Waals surface area contributed by atoms with Gasteiger partial charge in [0.05, 0.1) is 0 Å². The van der Waals surface area contributed by atoms with Gasteiger partial charge in [-0.05, 0) is 0 Å². The summed E-state index contributed by atoms with van der Waals surface area (Å²) in [5.41, 5.74) is 0. The van der Waals surface area contributed by atoms with E-state index >= 15 is 0 Å². The van der Waals surface area contributed by atoms with Crippen molar-refractivity contribution in [2.45, 2.75) is 10.6 Å². The molecule has 0 radical (unpaired) electrons. The first kappa shape index (κ1) is 6.56. The molecule has 0 aliphatic rings. The third-order valence-corrected chi connectivity index (χ3v) is 4.71. The van der Waals surface area contributed by atoms with E-state index in [1.165, 1.54) is 10.6 Å². The Hall–Kier alpha value is 1.56. The third-order valence-electron chi connectivity index (χ3n) is 0.175. The monoisotopic (exact) mass is 269 g/mol. The van der Waals surface area contributed by atoms with Crippen molar-refractivity contribution in [1.82, 2.24) is 0 Å². The molecule has 5 heavy (non-hydrogen) atoms. The summed E-state index contributed by atoms with van der Waals surface area (Å²) in [6, 6.07) is 0. The van der Waals surface area contributed by atoms with E-state index in [0.29, 0.717) is 0 Å². The van der Waals surface area contributed by atoms with Crippen LogP contribution in [0.3, 0.4) is 0 Å². The summed E-state index contributed by atoms with van der Waals surface area (Å²) in [6.45, 7) is 0. The van der Waals surface area contributed by atoms with E-state index in [0.717, 1.165) is 13.1 Å². The van der Waals surface area contributed by atoms with E-state index in [4.69, 9.17) is 0 Å². The molecule has 0 nitrogen and oxygen atoms in total. The van der Waals surface area contributed by atoms with Crippen molar-refractivity contribution in [2.75, 3.05) is 0 Å². The second kappa shape index (κ2) is 5.56. The molecule has 32 valence electrons. The Morgan fingerprint density at radius 2 is 2.40 bits per heavy atom. The summed E-state index contributed by atoms with van der Waals surface area (Å²) in [4.78, 5) is 0. The van der Waals surface area contributed by atoms with Gasteiger partial charge in [-0.2, -0.15) is 0 Å². The van der Waals surface area contributed by atoms with Crippen molar-refractivity contribution >= 4 is 43.3 Å². The van der Waals surface area contributed by atoms with Crippen molar-refractivity contribution in [3.05, 3.63) is 0 Å². The molecule has 0 atom stereocenters. The molecule has 0 aromatic rings. The normalized spacial score (nSPS) is 8.40. The van der Waals surface area contributed by atoms with Gasteiger partial charge in [0.25, 0.3) is 0 Å². The molecular formula is C2H5Se3-. The van der Waals surface area contributed by atoms with Gasteiger partial charge in [0.1, 0.15) is 0 Å². The quantitative estimate of drug-likeness (QED) is 0.592. The standard InChI is InChI=1S/C2H6Se3/c3-1-2-5-4/h3-4H,1-2H2/p-1. The Labute approximate surface area is 53.8 Å². The van der Waals surface area contributed by atoms with E-state index in [2.05, 4.69) is 30.2 Å². The van der Waals surface area contributed by atoms with Crippen LogP contribution >= 0.6 is 0 Å². The van der Waals surface area contributed by atoms with Gasteiger partial charge in [-0.1, -0.05) is 0 Å². The van der Waals surface area contributed by atoms with Crippen molar-refractivity contribution in [3.8, 4) is 0 Å². The van der Waals surface area contributed by atoms with E-state index in [9.17, 15) is 0 Å². The summed E-state index contributed by atoms with van der Waals surface area (Å²) in [6.07, 6.45) is 0. The molecule has 0 saturated heterocycles. The fourth-order valence-electron chi connectivity index (χ4n) is 0.0373. The van der Waals surface area contributed by atoms with Gasteiger partial charge < -0.3 is 0 Å². The van der Waals surface area contributed by atoms with Crippen LogP contribution in [0.25, 0.3) is 0 Å². The molecule has 0 amide bonds. The minimum atomic E-state index is 0.832. The summed E-state index contributed by atoms with van der Waals surface area (Å²) < 4.78 is 0. The Bertz CT molecular complexity index is 12.4. The van der Waals surface area contributed by atoms with Crippen molar-refractivity contribution in [2.24, 2.45) is 0 Å². The number of hydrogen-bond donors (Lipinski definition) is 0. The average molecular weight is 266 g/mol. The molecule has 0 rings (SSSR count). The summed E-state index contributed by atoms with van der Waals surface area (Å²) in [5.74, 6) is 0. The van der Waals surface area contributed by atoms with Crippen LogP contribution in [0.15, 0.2) is 0 Å². The number of hydrogen-bond acceptors (Lipinski definition) is 0. The maximum absolute atomic E-state index is 2.95. The topological polar surface area (TPSA) is 0 Å². The average Bonchev–Trinajstić information content (AvgIpc) is 1.41. The molecule has 0 aromatic carbocycles. The third kappa shape index (κ3) is 5.56. The fourth-order valence-corrected chi connectivity index (χ4v) is 5.23. The molecule has 0 N–H and O–H groups in total. The maximum atomic E-state index is 2.95. The van der Waals surface area contributed by atoms with Gasteiger partial charge in [0, 0.05) is 0 Å². The molecule has 0 aliphatic heterocycles. The minimum absolute atomic E-state index is 0.832. The van der Waals surface area contributed by atoms with E-state index in [1.807, 2.05) is 0 Å². The zero-order valence-corrected chi connectivity index (χ0v) is 7.98. The van der Waals surface area contributed by atoms with Gasteiger partial charge >= 0.3 is 54.0 Å². The second-order valence-corrected chi connectivity index (χ2v) is 5.61. The van der Waals surface area contributed by atoms with Crippen molar-refractivity contribution in [1.29, 1.82) is 0 Å². The Balaban J connectivity index is 2.19. The van der Waals surface area contributed by atoms with Crippen LogP contribution in [0.5, 0.6) is 0 Å². The molecule has 0 saturated carbocycles. The van der Waals surface area contributed by atoms with Crippen LogP contribution < -0.4 is 0 Å². The molecule has 0 fully saturated rings. The van der Waals surface area contributed by atoms with Gasteiger partial charge in [-0.25, -0.2) is 0 Å².